The van der Waals surface area contributed by atoms with E-state index in [1.165, 1.54) is 0 Å². The van der Waals surface area contributed by atoms with Crippen molar-refractivity contribution in [1.29, 1.82) is 0 Å². The van der Waals surface area contributed by atoms with Crippen LogP contribution < -0.4 is 5.73 Å². The van der Waals surface area contributed by atoms with Gasteiger partial charge in [0.15, 0.2) is 0 Å². The van der Waals surface area contributed by atoms with Crippen molar-refractivity contribution in [1.82, 2.24) is 0 Å². The van der Waals surface area contributed by atoms with Crippen molar-refractivity contribution in [3.63, 3.8) is 0 Å². The van der Waals surface area contributed by atoms with Gasteiger partial charge in [-0.15, -0.1) is 0 Å². The van der Waals surface area contributed by atoms with Gasteiger partial charge in [0, 0.05) is 12.6 Å². The number of ether oxygens (including phenoxy) is 1. The molecule has 0 radical (unpaired) electrons. The zero-order valence-electron chi connectivity index (χ0n) is 5.26. The minimum absolute atomic E-state index is 0.388. The lowest BCUT2D eigenvalue weighted by Crippen LogP contribution is -2.32. The number of nitrogens with two attached hydrogens (primary N) is 1. The molecule has 2 nitrogen and oxygen atoms in total. The van der Waals surface area contributed by atoms with Gasteiger partial charge in [0.2, 0.25) is 0 Å². The molecule has 1 aliphatic rings. The molecule has 0 bridgehead atoms. The second-order valence-corrected chi connectivity index (χ2v) is 2.47. The monoisotopic (exact) mass is 115 g/mol. The van der Waals surface area contributed by atoms with E-state index in [4.69, 9.17) is 10.5 Å². The van der Waals surface area contributed by atoms with Crippen molar-refractivity contribution < 1.29 is 4.74 Å². The van der Waals surface area contributed by atoms with Crippen molar-refractivity contribution in [3.05, 3.63) is 0 Å². The summed E-state index contributed by atoms with van der Waals surface area (Å²) in [5.74, 6) is 0. The second kappa shape index (κ2) is 2.46. The average molecular weight is 115 g/mol. The average Bonchev–Trinajstić information content (AvgIpc) is 1.64. The molecule has 2 N–H and O–H groups in total. The summed E-state index contributed by atoms with van der Waals surface area (Å²) in [7, 11) is 0. The predicted octanol–water partition coefficient (Wildman–Crippen LogP) is 0.513. The molecule has 1 saturated heterocycles. The van der Waals surface area contributed by atoms with Crippen LogP contribution in [0.5, 0.6) is 0 Å². The summed E-state index contributed by atoms with van der Waals surface area (Å²) < 4.78 is 5.27. The van der Waals surface area contributed by atoms with Crippen molar-refractivity contribution in [3.8, 4) is 0 Å². The third-order valence-electron chi connectivity index (χ3n) is 1.53. The van der Waals surface area contributed by atoms with Gasteiger partial charge in [-0.25, -0.2) is 0 Å². The fraction of sp³-hybridized carbons (Fsp3) is 1.00. The van der Waals surface area contributed by atoms with Crippen LogP contribution in [0.3, 0.4) is 0 Å². The number of rotatable bonds is 0. The molecule has 0 spiro atoms. The highest BCUT2D eigenvalue weighted by molar-refractivity contribution is 4.69. The van der Waals surface area contributed by atoms with Crippen LogP contribution in [-0.4, -0.2) is 18.8 Å². The lowest BCUT2D eigenvalue weighted by Gasteiger charge is -2.23. The first kappa shape index (κ1) is 6.05. The van der Waals surface area contributed by atoms with Crippen LogP contribution in [0.25, 0.3) is 0 Å². The van der Waals surface area contributed by atoms with Crippen molar-refractivity contribution in [2.75, 3.05) is 6.61 Å². The van der Waals surface area contributed by atoms with Gasteiger partial charge in [-0.05, 0) is 19.8 Å². The zero-order chi connectivity index (χ0) is 5.98. The Balaban J connectivity index is 2.23. The molecule has 1 fully saturated rings. The fourth-order valence-corrected chi connectivity index (χ4v) is 1.03. The summed E-state index contributed by atoms with van der Waals surface area (Å²) in [4.78, 5) is 0. The number of hydrogen-bond acceptors (Lipinski definition) is 2. The quantitative estimate of drug-likeness (QED) is 0.499. The van der Waals surface area contributed by atoms with Gasteiger partial charge in [0.25, 0.3) is 0 Å². The van der Waals surface area contributed by atoms with E-state index < -0.39 is 0 Å². The number of hydrogen-bond donors (Lipinski definition) is 1. The van der Waals surface area contributed by atoms with Gasteiger partial charge in [-0.3, -0.25) is 0 Å². The Morgan fingerprint density at radius 2 is 2.38 bits per heavy atom. The Morgan fingerprint density at radius 1 is 1.62 bits per heavy atom. The van der Waals surface area contributed by atoms with E-state index in [1.54, 1.807) is 0 Å². The van der Waals surface area contributed by atoms with E-state index in [-0.39, 0.29) is 0 Å². The van der Waals surface area contributed by atoms with E-state index in [0.717, 1.165) is 19.4 Å². The first-order chi connectivity index (χ1) is 3.79. The molecule has 8 heavy (non-hydrogen) atoms. The smallest absolute Gasteiger partial charge is 0.0561 e. The molecule has 2 atom stereocenters. The third-order valence-corrected chi connectivity index (χ3v) is 1.53. The van der Waals surface area contributed by atoms with E-state index in [2.05, 4.69) is 6.92 Å². The Hall–Kier alpha value is -0.0800. The van der Waals surface area contributed by atoms with Crippen LogP contribution in [0, 0.1) is 0 Å². The molecule has 0 unspecified atom stereocenters. The van der Waals surface area contributed by atoms with Gasteiger partial charge in [0.1, 0.15) is 0 Å². The second-order valence-electron chi connectivity index (χ2n) is 2.47. The van der Waals surface area contributed by atoms with Crippen molar-refractivity contribution >= 4 is 0 Å². The highest BCUT2D eigenvalue weighted by atomic mass is 16.5. The normalized spacial score (nSPS) is 39.8. The first-order valence-corrected chi connectivity index (χ1v) is 3.16. The van der Waals surface area contributed by atoms with Crippen LogP contribution in [-0.2, 0) is 4.74 Å². The zero-order valence-corrected chi connectivity index (χ0v) is 5.26. The van der Waals surface area contributed by atoms with Crippen LogP contribution in [0.2, 0.25) is 0 Å². The maximum Gasteiger partial charge on any atom is 0.0561 e. The van der Waals surface area contributed by atoms with Gasteiger partial charge in [-0.2, -0.15) is 0 Å². The maximum absolute atomic E-state index is 5.65. The van der Waals surface area contributed by atoms with E-state index >= 15 is 0 Å². The molecule has 0 saturated carbocycles. The maximum atomic E-state index is 5.65. The van der Waals surface area contributed by atoms with Gasteiger partial charge in [-0.1, -0.05) is 0 Å². The molecule has 0 aromatic heterocycles. The molecule has 0 amide bonds. The molecule has 48 valence electrons. The molecular formula is C6H13NO. The van der Waals surface area contributed by atoms with Crippen molar-refractivity contribution in [2.24, 2.45) is 5.73 Å². The molecule has 0 aromatic rings. The third kappa shape index (κ3) is 1.46. The summed E-state index contributed by atoms with van der Waals surface area (Å²) in [6, 6.07) is 0.388. The minimum Gasteiger partial charge on any atom is -0.378 e. The van der Waals surface area contributed by atoms with Gasteiger partial charge >= 0.3 is 0 Å². The van der Waals surface area contributed by atoms with Gasteiger partial charge in [0.05, 0.1) is 6.10 Å². The van der Waals surface area contributed by atoms with Crippen LogP contribution in [0.15, 0.2) is 0 Å². The summed E-state index contributed by atoms with van der Waals surface area (Å²) in [6.07, 6.45) is 2.45. The van der Waals surface area contributed by atoms with Crippen molar-refractivity contribution in [2.45, 2.75) is 31.9 Å². The fourth-order valence-electron chi connectivity index (χ4n) is 1.03. The molecule has 1 rings (SSSR count). The molecular weight excluding hydrogens is 102 g/mol. The SMILES string of the molecule is C[C@H]1C[C@@H](N)CCO1. The summed E-state index contributed by atoms with van der Waals surface area (Å²) in [6.45, 7) is 2.92. The Kier molecular flexibility index (Phi) is 1.86. The molecule has 0 aliphatic carbocycles. The largest absolute Gasteiger partial charge is 0.378 e. The molecule has 1 aliphatic heterocycles. The minimum atomic E-state index is 0.388. The Bertz CT molecular complexity index is 66.9. The lowest BCUT2D eigenvalue weighted by atomic mass is 10.1. The van der Waals surface area contributed by atoms with Gasteiger partial charge < -0.3 is 10.5 Å². The predicted molar refractivity (Wildman–Crippen MR) is 32.6 cm³/mol. The summed E-state index contributed by atoms with van der Waals surface area (Å²) in [5.41, 5.74) is 5.65. The molecule has 2 heteroatoms. The van der Waals surface area contributed by atoms with Crippen LogP contribution in [0.4, 0.5) is 0 Å². The Labute approximate surface area is 50.0 Å². The highest BCUT2D eigenvalue weighted by Gasteiger charge is 2.14. The standard InChI is InChI=1S/C6H13NO/c1-5-4-6(7)2-3-8-5/h5-6H,2-4,7H2,1H3/t5-,6-/m0/s1. The topological polar surface area (TPSA) is 35.2 Å². The van der Waals surface area contributed by atoms with Crippen LogP contribution >= 0.6 is 0 Å². The molecule has 1 heterocycles. The summed E-state index contributed by atoms with van der Waals surface area (Å²) in [5, 5.41) is 0. The van der Waals surface area contributed by atoms with E-state index in [9.17, 15) is 0 Å². The lowest BCUT2D eigenvalue weighted by molar-refractivity contribution is 0.0200. The molecule has 0 aromatic carbocycles. The highest BCUT2D eigenvalue weighted by Crippen LogP contribution is 2.10. The Morgan fingerprint density at radius 3 is 2.75 bits per heavy atom. The van der Waals surface area contributed by atoms with E-state index in [1.807, 2.05) is 0 Å². The van der Waals surface area contributed by atoms with E-state index in [0.29, 0.717) is 12.1 Å². The summed E-state index contributed by atoms with van der Waals surface area (Å²) >= 11 is 0. The van der Waals surface area contributed by atoms with Crippen LogP contribution in [0.1, 0.15) is 19.8 Å². The first-order valence-electron chi connectivity index (χ1n) is 3.16.